The molecule has 124 valence electrons. The first-order valence-electron chi connectivity index (χ1n) is 8.05. The van der Waals surface area contributed by atoms with Crippen LogP contribution < -0.4 is 5.32 Å². The predicted octanol–water partition coefficient (Wildman–Crippen LogP) is 1.85. The van der Waals surface area contributed by atoms with Gasteiger partial charge in [0.25, 0.3) is 0 Å². The highest BCUT2D eigenvalue weighted by molar-refractivity contribution is 5.69. The second-order valence-electron chi connectivity index (χ2n) is 7.58. The van der Waals surface area contributed by atoms with Crippen LogP contribution in [0.15, 0.2) is 12.3 Å². The summed E-state index contributed by atoms with van der Waals surface area (Å²) in [6.07, 6.45) is 1.78. The van der Waals surface area contributed by atoms with E-state index < -0.39 is 5.60 Å². The summed E-state index contributed by atoms with van der Waals surface area (Å²) < 4.78 is 7.26. The molecular weight excluding hydrogens is 292 g/mol. The summed E-state index contributed by atoms with van der Waals surface area (Å²) in [5.74, 6) is 1.06. The number of likely N-dealkylation sites (tertiary alicyclic amines) is 1. The van der Waals surface area contributed by atoms with Crippen molar-refractivity contribution in [3.05, 3.63) is 23.5 Å². The molecule has 2 fully saturated rings. The molecule has 2 heterocycles. The van der Waals surface area contributed by atoms with Gasteiger partial charge in [0, 0.05) is 38.9 Å². The zero-order chi connectivity index (χ0) is 16.8. The number of rotatable bonds is 3. The molecule has 1 aliphatic heterocycles. The van der Waals surface area contributed by atoms with Gasteiger partial charge in [-0.15, -0.1) is 0 Å². The second-order valence-corrected chi connectivity index (χ2v) is 7.58. The number of aromatic nitrogens is 1. The third-order valence-corrected chi connectivity index (χ3v) is 4.56. The zero-order valence-electron chi connectivity index (χ0n) is 14.2. The van der Waals surface area contributed by atoms with E-state index in [2.05, 4.69) is 11.4 Å². The lowest BCUT2D eigenvalue weighted by Gasteiger charge is -2.26. The Morgan fingerprint density at radius 2 is 2.09 bits per heavy atom. The van der Waals surface area contributed by atoms with Crippen LogP contribution in [0.2, 0.25) is 0 Å². The number of hydrogen-bond acceptors (Lipinski definition) is 4. The fourth-order valence-corrected chi connectivity index (χ4v) is 3.38. The number of amides is 1. The van der Waals surface area contributed by atoms with E-state index in [0.29, 0.717) is 23.6 Å². The van der Waals surface area contributed by atoms with Crippen LogP contribution >= 0.6 is 0 Å². The summed E-state index contributed by atoms with van der Waals surface area (Å²) in [4.78, 5) is 13.9. The summed E-state index contributed by atoms with van der Waals surface area (Å²) >= 11 is 0. The Kier molecular flexibility index (Phi) is 3.85. The predicted molar refractivity (Wildman–Crippen MR) is 85.5 cm³/mol. The number of fused-ring (bicyclic) bond motifs is 1. The topological polar surface area (TPSA) is 70.3 Å². The first-order chi connectivity index (χ1) is 10.8. The second kappa shape index (κ2) is 5.57. The van der Waals surface area contributed by atoms with Crippen LogP contribution in [0, 0.1) is 23.2 Å². The van der Waals surface area contributed by atoms with Crippen molar-refractivity contribution in [2.45, 2.75) is 39.0 Å². The Balaban J connectivity index is 1.45. The molecule has 6 nitrogen and oxygen atoms in total. The van der Waals surface area contributed by atoms with E-state index in [1.54, 1.807) is 0 Å². The van der Waals surface area contributed by atoms with Gasteiger partial charge in [-0.1, -0.05) is 0 Å². The van der Waals surface area contributed by atoms with Crippen molar-refractivity contribution in [2.24, 2.45) is 18.9 Å². The van der Waals surface area contributed by atoms with E-state index in [1.165, 1.54) is 0 Å². The van der Waals surface area contributed by atoms with Gasteiger partial charge in [0.1, 0.15) is 17.4 Å². The SMILES string of the molecule is Cn1cc(CNC2C3CN(C(=O)OC(C)(C)C)CC32)cc1C#N. The highest BCUT2D eigenvalue weighted by Crippen LogP contribution is 2.45. The van der Waals surface area contributed by atoms with E-state index in [1.807, 2.05) is 49.5 Å². The molecule has 2 unspecified atom stereocenters. The van der Waals surface area contributed by atoms with E-state index in [9.17, 15) is 4.79 Å². The van der Waals surface area contributed by atoms with E-state index >= 15 is 0 Å². The third kappa shape index (κ3) is 3.35. The molecule has 0 spiro atoms. The van der Waals surface area contributed by atoms with Gasteiger partial charge in [-0.05, 0) is 44.2 Å². The number of aryl methyl sites for hydroxylation is 1. The molecule has 1 amide bonds. The first-order valence-corrected chi connectivity index (χ1v) is 8.05. The largest absolute Gasteiger partial charge is 0.444 e. The van der Waals surface area contributed by atoms with Gasteiger partial charge in [-0.2, -0.15) is 5.26 Å². The lowest BCUT2D eigenvalue weighted by Crippen LogP contribution is -2.39. The number of piperidine rings is 1. The molecule has 1 saturated carbocycles. The van der Waals surface area contributed by atoms with Crippen molar-refractivity contribution >= 4 is 6.09 Å². The van der Waals surface area contributed by atoms with E-state index in [-0.39, 0.29) is 6.09 Å². The normalized spacial score (nSPS) is 25.9. The Morgan fingerprint density at radius 1 is 1.43 bits per heavy atom. The van der Waals surface area contributed by atoms with Crippen molar-refractivity contribution < 1.29 is 9.53 Å². The molecular formula is C17H24N4O2. The van der Waals surface area contributed by atoms with Crippen LogP contribution in [0.1, 0.15) is 32.0 Å². The fourth-order valence-electron chi connectivity index (χ4n) is 3.38. The van der Waals surface area contributed by atoms with Gasteiger partial charge in [0.05, 0.1) is 0 Å². The maximum absolute atomic E-state index is 12.0. The maximum Gasteiger partial charge on any atom is 0.410 e. The molecule has 6 heteroatoms. The van der Waals surface area contributed by atoms with E-state index in [4.69, 9.17) is 10.00 Å². The van der Waals surface area contributed by atoms with Crippen molar-refractivity contribution in [1.82, 2.24) is 14.8 Å². The highest BCUT2D eigenvalue weighted by Gasteiger charge is 2.56. The lowest BCUT2D eigenvalue weighted by atomic mass is 10.2. The summed E-state index contributed by atoms with van der Waals surface area (Å²) in [5, 5.41) is 12.5. The first kappa shape index (κ1) is 15.9. The van der Waals surface area contributed by atoms with Crippen LogP contribution in [0.5, 0.6) is 0 Å². The molecule has 3 rings (SSSR count). The van der Waals surface area contributed by atoms with Crippen LogP contribution in [0.4, 0.5) is 4.79 Å². The Bertz CT molecular complexity index is 641. The highest BCUT2D eigenvalue weighted by atomic mass is 16.6. The monoisotopic (exact) mass is 316 g/mol. The number of carbonyl (C=O) groups excluding carboxylic acids is 1. The lowest BCUT2D eigenvalue weighted by molar-refractivity contribution is 0.0269. The summed E-state index contributed by atoms with van der Waals surface area (Å²) in [5.41, 5.74) is 1.36. The minimum absolute atomic E-state index is 0.204. The number of carbonyl (C=O) groups is 1. The fraction of sp³-hybridized carbons (Fsp3) is 0.647. The number of ether oxygens (including phenoxy) is 1. The van der Waals surface area contributed by atoms with E-state index in [0.717, 1.165) is 25.2 Å². The zero-order valence-corrected chi connectivity index (χ0v) is 14.2. The molecule has 0 radical (unpaired) electrons. The maximum atomic E-state index is 12.0. The van der Waals surface area contributed by atoms with Crippen molar-refractivity contribution in [1.29, 1.82) is 5.26 Å². The third-order valence-electron chi connectivity index (χ3n) is 4.56. The van der Waals surface area contributed by atoms with Crippen molar-refractivity contribution in [3.63, 3.8) is 0 Å². The molecule has 2 aliphatic rings. The van der Waals surface area contributed by atoms with Gasteiger partial charge in [-0.3, -0.25) is 0 Å². The average Bonchev–Trinajstić information content (AvgIpc) is 2.82. The average molecular weight is 316 g/mol. The smallest absolute Gasteiger partial charge is 0.410 e. The Morgan fingerprint density at radius 3 is 2.61 bits per heavy atom. The minimum Gasteiger partial charge on any atom is -0.444 e. The summed E-state index contributed by atoms with van der Waals surface area (Å²) in [7, 11) is 1.88. The molecule has 1 aromatic rings. The van der Waals surface area contributed by atoms with Crippen LogP contribution in [0.25, 0.3) is 0 Å². The van der Waals surface area contributed by atoms with Crippen molar-refractivity contribution in [2.75, 3.05) is 13.1 Å². The summed E-state index contributed by atoms with van der Waals surface area (Å²) in [6, 6.07) is 4.56. The van der Waals surface area contributed by atoms with Crippen LogP contribution in [-0.4, -0.2) is 40.3 Å². The molecule has 1 N–H and O–H groups in total. The molecule has 0 bridgehead atoms. The standard InChI is InChI=1S/C17H24N4O2/c1-17(2,3)23-16(22)21-9-13-14(10-21)15(13)19-7-11-5-12(6-18)20(4)8-11/h5,8,13-15,19H,7,9-10H2,1-4H3. The molecule has 0 aromatic carbocycles. The van der Waals surface area contributed by atoms with Crippen LogP contribution in [0.3, 0.4) is 0 Å². The van der Waals surface area contributed by atoms with Crippen LogP contribution in [-0.2, 0) is 18.3 Å². The number of nitriles is 1. The molecule has 1 aromatic heterocycles. The Hall–Kier alpha value is -2.00. The van der Waals surface area contributed by atoms with Crippen molar-refractivity contribution in [3.8, 4) is 6.07 Å². The number of hydrogen-bond donors (Lipinski definition) is 1. The minimum atomic E-state index is -0.437. The molecule has 1 aliphatic carbocycles. The van der Waals surface area contributed by atoms with Gasteiger partial charge in [-0.25, -0.2) is 4.79 Å². The van der Waals surface area contributed by atoms with Gasteiger partial charge < -0.3 is 19.5 Å². The molecule has 23 heavy (non-hydrogen) atoms. The Labute approximate surface area is 137 Å². The number of nitrogens with zero attached hydrogens (tertiary/aromatic N) is 3. The van der Waals surface area contributed by atoms with Gasteiger partial charge in [0.2, 0.25) is 0 Å². The summed E-state index contributed by atoms with van der Waals surface area (Å²) in [6.45, 7) is 7.98. The molecule has 2 atom stereocenters. The van der Waals surface area contributed by atoms with Gasteiger partial charge >= 0.3 is 6.09 Å². The molecule has 1 saturated heterocycles. The quantitative estimate of drug-likeness (QED) is 0.924. The van der Waals surface area contributed by atoms with Gasteiger partial charge in [0.15, 0.2) is 0 Å². The number of nitrogens with one attached hydrogen (secondary N) is 1.